The van der Waals surface area contributed by atoms with E-state index in [4.69, 9.17) is 0 Å². The molecule has 0 aliphatic carbocycles. The van der Waals surface area contributed by atoms with Crippen molar-refractivity contribution in [2.75, 3.05) is 19.6 Å². The van der Waals surface area contributed by atoms with Crippen LogP contribution < -0.4 is 4.90 Å². The summed E-state index contributed by atoms with van der Waals surface area (Å²) in [6, 6.07) is 0. The lowest BCUT2D eigenvalue weighted by molar-refractivity contribution is -0.895. The third kappa shape index (κ3) is 4.50. The second-order valence-corrected chi connectivity index (χ2v) is 2.66. The van der Waals surface area contributed by atoms with Gasteiger partial charge in [-0.2, -0.15) is 0 Å². The van der Waals surface area contributed by atoms with E-state index in [0.29, 0.717) is 5.78 Å². The van der Waals surface area contributed by atoms with Crippen molar-refractivity contribution >= 4 is 5.78 Å². The van der Waals surface area contributed by atoms with Crippen molar-refractivity contribution in [2.45, 2.75) is 27.2 Å². The molecule has 0 saturated carbocycles. The predicted octanol–water partition coefficient (Wildman–Crippen LogP) is -0.110. The molecular weight excluding hydrogens is 126 g/mol. The Labute approximate surface area is 63.2 Å². The largest absolute Gasteiger partial charge is 0.335 e. The third-order valence-corrected chi connectivity index (χ3v) is 1.83. The number of ketones is 1. The first-order chi connectivity index (χ1) is 4.70. The quantitative estimate of drug-likeness (QED) is 0.571. The van der Waals surface area contributed by atoms with Gasteiger partial charge in [0, 0.05) is 0 Å². The van der Waals surface area contributed by atoms with Gasteiger partial charge in [-0.05, 0) is 20.8 Å². The van der Waals surface area contributed by atoms with Crippen LogP contribution in [0.25, 0.3) is 0 Å². The maximum absolute atomic E-state index is 10.6. The highest BCUT2D eigenvalue weighted by Crippen LogP contribution is 1.73. The van der Waals surface area contributed by atoms with Crippen LogP contribution in [0, 0.1) is 0 Å². The van der Waals surface area contributed by atoms with Gasteiger partial charge in [0.05, 0.1) is 26.1 Å². The first-order valence-electron chi connectivity index (χ1n) is 4.03. The highest BCUT2D eigenvalue weighted by atomic mass is 16.1. The van der Waals surface area contributed by atoms with E-state index in [0.717, 1.165) is 26.1 Å². The van der Waals surface area contributed by atoms with Crippen molar-refractivity contribution in [3.8, 4) is 0 Å². The van der Waals surface area contributed by atoms with Gasteiger partial charge in [-0.1, -0.05) is 0 Å². The summed E-state index contributed by atoms with van der Waals surface area (Å²) in [5, 5.41) is 0. The van der Waals surface area contributed by atoms with Crippen LogP contribution in [0.15, 0.2) is 0 Å². The van der Waals surface area contributed by atoms with E-state index in [2.05, 4.69) is 13.8 Å². The number of nitrogens with one attached hydrogen (secondary N) is 1. The molecule has 0 fully saturated rings. The average Bonchev–Trinajstić information content (AvgIpc) is 1.90. The predicted molar refractivity (Wildman–Crippen MR) is 42.2 cm³/mol. The molecule has 0 saturated heterocycles. The molecule has 0 heterocycles. The smallest absolute Gasteiger partial charge is 0.135 e. The number of hydrogen-bond acceptors (Lipinski definition) is 1. The summed E-state index contributed by atoms with van der Waals surface area (Å²) >= 11 is 0. The van der Waals surface area contributed by atoms with Gasteiger partial charge >= 0.3 is 0 Å². The molecule has 0 radical (unpaired) electrons. The number of hydrogen-bond donors (Lipinski definition) is 1. The van der Waals surface area contributed by atoms with Crippen LogP contribution in [0.1, 0.15) is 27.2 Å². The zero-order chi connectivity index (χ0) is 7.98. The van der Waals surface area contributed by atoms with Crippen LogP contribution in [-0.4, -0.2) is 25.4 Å². The Morgan fingerprint density at radius 1 is 1.30 bits per heavy atom. The normalized spacial score (nSPS) is 10.4. The second kappa shape index (κ2) is 5.42. The lowest BCUT2D eigenvalue weighted by Crippen LogP contribution is -3.11. The standard InChI is InChI=1S/C8H17NO/c1-4-9(5-2)7-6-8(3)10/h4-7H2,1-3H3/p+1. The number of carbonyl (C=O) groups excluding carboxylic acids is 1. The Morgan fingerprint density at radius 3 is 2.10 bits per heavy atom. The number of carbonyl (C=O) groups is 1. The maximum atomic E-state index is 10.6. The molecular formula is C8H18NO+. The van der Waals surface area contributed by atoms with Gasteiger partial charge in [-0.25, -0.2) is 0 Å². The minimum Gasteiger partial charge on any atom is -0.335 e. The number of rotatable bonds is 5. The maximum Gasteiger partial charge on any atom is 0.135 e. The summed E-state index contributed by atoms with van der Waals surface area (Å²) in [6.07, 6.45) is 0.733. The third-order valence-electron chi connectivity index (χ3n) is 1.83. The minimum atomic E-state index is 0.305. The van der Waals surface area contributed by atoms with Gasteiger partial charge in [0.2, 0.25) is 0 Å². The monoisotopic (exact) mass is 144 g/mol. The Bertz CT molecular complexity index is 97.4. The van der Waals surface area contributed by atoms with Crippen LogP contribution >= 0.6 is 0 Å². The molecule has 0 aliphatic heterocycles. The Hall–Kier alpha value is -0.370. The van der Waals surface area contributed by atoms with Gasteiger partial charge in [0.25, 0.3) is 0 Å². The van der Waals surface area contributed by atoms with Crippen molar-refractivity contribution in [2.24, 2.45) is 0 Å². The molecule has 0 amide bonds. The zero-order valence-corrected chi connectivity index (χ0v) is 7.24. The highest BCUT2D eigenvalue weighted by Gasteiger charge is 2.02. The fraction of sp³-hybridized carbons (Fsp3) is 0.875. The number of quaternary nitrogens is 1. The van der Waals surface area contributed by atoms with Gasteiger partial charge in [0.1, 0.15) is 5.78 Å². The van der Waals surface area contributed by atoms with Crippen LogP contribution in [0.5, 0.6) is 0 Å². The fourth-order valence-electron chi connectivity index (χ4n) is 0.956. The van der Waals surface area contributed by atoms with Gasteiger partial charge in [-0.15, -0.1) is 0 Å². The van der Waals surface area contributed by atoms with Crippen LogP contribution in [0.4, 0.5) is 0 Å². The first-order valence-corrected chi connectivity index (χ1v) is 4.03. The summed E-state index contributed by atoms with van der Waals surface area (Å²) in [5.41, 5.74) is 0. The Morgan fingerprint density at radius 2 is 1.80 bits per heavy atom. The molecule has 2 heteroatoms. The zero-order valence-electron chi connectivity index (χ0n) is 7.24. The molecule has 0 aliphatic rings. The minimum absolute atomic E-state index is 0.305. The molecule has 0 aromatic heterocycles. The number of Topliss-reactive ketones (excluding diaryl/α,β-unsaturated/α-hetero) is 1. The van der Waals surface area contributed by atoms with E-state index in [1.165, 1.54) is 4.90 Å². The van der Waals surface area contributed by atoms with Crippen molar-refractivity contribution < 1.29 is 9.69 Å². The molecule has 0 rings (SSSR count). The fourth-order valence-corrected chi connectivity index (χ4v) is 0.956. The summed E-state index contributed by atoms with van der Waals surface area (Å²) in [7, 11) is 0. The molecule has 0 unspecified atom stereocenters. The van der Waals surface area contributed by atoms with Crippen LogP contribution in [-0.2, 0) is 4.79 Å². The Balaban J connectivity index is 3.34. The lowest BCUT2D eigenvalue weighted by Gasteiger charge is -2.13. The molecule has 0 bridgehead atoms. The topological polar surface area (TPSA) is 21.5 Å². The summed E-state index contributed by atoms with van der Waals surface area (Å²) in [4.78, 5) is 12.1. The van der Waals surface area contributed by atoms with Crippen molar-refractivity contribution in [3.63, 3.8) is 0 Å². The van der Waals surface area contributed by atoms with E-state index in [9.17, 15) is 4.79 Å². The second-order valence-electron chi connectivity index (χ2n) is 2.66. The van der Waals surface area contributed by atoms with Crippen LogP contribution in [0.3, 0.4) is 0 Å². The van der Waals surface area contributed by atoms with E-state index in [1.807, 2.05) is 0 Å². The highest BCUT2D eigenvalue weighted by molar-refractivity contribution is 5.75. The molecule has 60 valence electrons. The molecule has 10 heavy (non-hydrogen) atoms. The van der Waals surface area contributed by atoms with Crippen molar-refractivity contribution in [1.82, 2.24) is 0 Å². The van der Waals surface area contributed by atoms with E-state index in [1.54, 1.807) is 6.92 Å². The first kappa shape index (κ1) is 9.63. The molecule has 0 atom stereocenters. The molecule has 1 N–H and O–H groups in total. The van der Waals surface area contributed by atoms with Crippen molar-refractivity contribution in [3.05, 3.63) is 0 Å². The molecule has 0 aromatic rings. The molecule has 0 aromatic carbocycles. The van der Waals surface area contributed by atoms with Crippen molar-refractivity contribution in [1.29, 1.82) is 0 Å². The van der Waals surface area contributed by atoms with Gasteiger partial charge in [-0.3, -0.25) is 4.79 Å². The van der Waals surface area contributed by atoms with E-state index >= 15 is 0 Å². The molecule has 2 nitrogen and oxygen atoms in total. The summed E-state index contributed by atoms with van der Waals surface area (Å²) in [6.45, 7) is 9.22. The van der Waals surface area contributed by atoms with Gasteiger partial charge in [0.15, 0.2) is 0 Å². The van der Waals surface area contributed by atoms with Gasteiger partial charge < -0.3 is 4.90 Å². The molecule has 0 spiro atoms. The van der Waals surface area contributed by atoms with E-state index < -0.39 is 0 Å². The summed E-state index contributed by atoms with van der Waals surface area (Å²) < 4.78 is 0. The Kier molecular flexibility index (Phi) is 5.22. The summed E-state index contributed by atoms with van der Waals surface area (Å²) in [5.74, 6) is 0.305. The van der Waals surface area contributed by atoms with Crippen LogP contribution in [0.2, 0.25) is 0 Å². The van der Waals surface area contributed by atoms with E-state index in [-0.39, 0.29) is 0 Å². The SMILES string of the molecule is CC[NH+](CC)CCC(C)=O. The average molecular weight is 144 g/mol. The lowest BCUT2D eigenvalue weighted by atomic mass is 10.3.